The Hall–Kier alpha value is -2.28. The smallest absolute Gasteiger partial charge is 0.141 e. The van der Waals surface area contributed by atoms with Gasteiger partial charge in [-0.15, -0.1) is 11.3 Å². The van der Waals surface area contributed by atoms with Crippen LogP contribution in [0.5, 0.6) is 0 Å². The third-order valence-corrected chi connectivity index (χ3v) is 3.27. The Labute approximate surface area is 106 Å². The van der Waals surface area contributed by atoms with Gasteiger partial charge in [-0.25, -0.2) is 9.37 Å². The van der Waals surface area contributed by atoms with Crippen LogP contribution in [-0.4, -0.2) is 20.2 Å². The quantitative estimate of drug-likeness (QED) is 0.741. The second kappa shape index (κ2) is 4.19. The number of thiazole rings is 1. The van der Waals surface area contributed by atoms with Gasteiger partial charge in [-0.3, -0.25) is 10.1 Å². The number of rotatable bonds is 2. The highest BCUT2D eigenvalue weighted by Gasteiger charge is 2.11. The van der Waals surface area contributed by atoms with Crippen molar-refractivity contribution in [1.82, 2.24) is 20.2 Å². The molecule has 3 N–H and O–H groups in total. The van der Waals surface area contributed by atoms with Gasteiger partial charge >= 0.3 is 0 Å². The van der Waals surface area contributed by atoms with E-state index in [-0.39, 0.29) is 5.82 Å². The monoisotopic (exact) mass is 261 g/mol. The number of nitrogens with two attached hydrogens (primary N) is 1. The molecule has 3 rings (SSSR count). The molecule has 7 heteroatoms. The van der Waals surface area contributed by atoms with Crippen molar-refractivity contribution in [2.75, 3.05) is 5.73 Å². The molecule has 0 saturated carbocycles. The Kier molecular flexibility index (Phi) is 2.52. The summed E-state index contributed by atoms with van der Waals surface area (Å²) in [6.07, 6.45) is 2.79. The number of halogens is 1. The number of hydrogen-bond donors (Lipinski definition) is 2. The molecule has 0 atom stereocenters. The summed E-state index contributed by atoms with van der Waals surface area (Å²) >= 11 is 1.44. The summed E-state index contributed by atoms with van der Waals surface area (Å²) < 4.78 is 12.8. The van der Waals surface area contributed by atoms with Crippen molar-refractivity contribution in [3.8, 4) is 22.0 Å². The third kappa shape index (κ3) is 1.84. The van der Waals surface area contributed by atoms with E-state index in [1.54, 1.807) is 12.3 Å². The SMILES string of the molecule is Nc1[nH]ncc1-c1nc(-c2ccc(F)cn2)cs1. The van der Waals surface area contributed by atoms with Crippen LogP contribution in [0, 0.1) is 5.82 Å². The fraction of sp³-hybridized carbons (Fsp3) is 0. The molecule has 0 fully saturated rings. The van der Waals surface area contributed by atoms with Gasteiger partial charge in [-0.2, -0.15) is 5.10 Å². The average Bonchev–Trinajstić information content (AvgIpc) is 2.98. The van der Waals surface area contributed by atoms with Gasteiger partial charge in [0.2, 0.25) is 0 Å². The molecule has 0 aliphatic rings. The van der Waals surface area contributed by atoms with Crippen molar-refractivity contribution in [1.29, 1.82) is 0 Å². The lowest BCUT2D eigenvalue weighted by Gasteiger charge is -1.95. The van der Waals surface area contributed by atoms with Crippen molar-refractivity contribution in [3.63, 3.8) is 0 Å². The summed E-state index contributed by atoms with van der Waals surface area (Å²) in [5.74, 6) is 0.108. The molecular weight excluding hydrogens is 253 g/mol. The maximum atomic E-state index is 12.8. The minimum Gasteiger partial charge on any atom is -0.383 e. The Morgan fingerprint density at radius 2 is 2.11 bits per heavy atom. The predicted octanol–water partition coefficient (Wildman–Crippen LogP) is 2.32. The van der Waals surface area contributed by atoms with Crippen LogP contribution in [0.2, 0.25) is 0 Å². The summed E-state index contributed by atoms with van der Waals surface area (Å²) in [6, 6.07) is 2.94. The molecule has 0 bridgehead atoms. The number of aromatic amines is 1. The number of nitrogens with zero attached hydrogens (tertiary/aromatic N) is 3. The summed E-state index contributed by atoms with van der Waals surface area (Å²) in [6.45, 7) is 0. The maximum Gasteiger partial charge on any atom is 0.141 e. The van der Waals surface area contributed by atoms with Crippen LogP contribution >= 0.6 is 11.3 Å². The Morgan fingerprint density at radius 1 is 1.22 bits per heavy atom. The summed E-state index contributed by atoms with van der Waals surface area (Å²) in [5.41, 5.74) is 7.80. The van der Waals surface area contributed by atoms with Gasteiger partial charge in [-0.05, 0) is 12.1 Å². The molecule has 0 spiro atoms. The first-order valence-corrected chi connectivity index (χ1v) is 5.98. The molecule has 0 radical (unpaired) electrons. The van der Waals surface area contributed by atoms with Gasteiger partial charge in [0.15, 0.2) is 0 Å². The molecule has 0 aromatic carbocycles. The van der Waals surface area contributed by atoms with E-state index in [0.717, 1.165) is 10.6 Å². The minimum atomic E-state index is -0.367. The number of aromatic nitrogens is 4. The van der Waals surface area contributed by atoms with Crippen molar-refractivity contribution in [2.24, 2.45) is 0 Å². The fourth-order valence-electron chi connectivity index (χ4n) is 1.51. The lowest BCUT2D eigenvalue weighted by molar-refractivity contribution is 0.622. The van der Waals surface area contributed by atoms with Crippen LogP contribution < -0.4 is 5.73 Å². The zero-order chi connectivity index (χ0) is 12.5. The minimum absolute atomic E-state index is 0.367. The highest BCUT2D eigenvalue weighted by Crippen LogP contribution is 2.30. The van der Waals surface area contributed by atoms with E-state index in [4.69, 9.17) is 5.73 Å². The maximum absolute atomic E-state index is 12.8. The van der Waals surface area contributed by atoms with E-state index in [1.807, 2.05) is 5.38 Å². The molecule has 5 nitrogen and oxygen atoms in total. The van der Waals surface area contributed by atoms with Crippen LogP contribution in [-0.2, 0) is 0 Å². The van der Waals surface area contributed by atoms with Crippen molar-refractivity contribution < 1.29 is 4.39 Å². The summed E-state index contributed by atoms with van der Waals surface area (Å²) in [7, 11) is 0. The zero-order valence-electron chi connectivity index (χ0n) is 9.09. The molecule has 3 heterocycles. The first-order valence-electron chi connectivity index (χ1n) is 5.11. The van der Waals surface area contributed by atoms with Crippen molar-refractivity contribution in [3.05, 3.63) is 35.7 Å². The Bertz CT molecular complexity index is 673. The number of H-pyrrole nitrogens is 1. The van der Waals surface area contributed by atoms with Crippen LogP contribution in [0.3, 0.4) is 0 Å². The standard InChI is InChI=1S/C11H8FN5S/c12-6-1-2-8(14-3-6)9-5-18-11(16-9)7-4-15-17-10(7)13/h1-5H,(H3,13,15,17). The second-order valence-electron chi connectivity index (χ2n) is 3.60. The first kappa shape index (κ1) is 10.8. The van der Waals surface area contributed by atoms with Crippen LogP contribution in [0.4, 0.5) is 10.2 Å². The molecular formula is C11H8FN5S. The van der Waals surface area contributed by atoms with Crippen molar-refractivity contribution >= 4 is 17.2 Å². The summed E-state index contributed by atoms with van der Waals surface area (Å²) in [4.78, 5) is 8.39. The molecule has 0 amide bonds. The lowest BCUT2D eigenvalue weighted by Crippen LogP contribution is -1.88. The van der Waals surface area contributed by atoms with Crippen LogP contribution in [0.1, 0.15) is 0 Å². The molecule has 3 aromatic rings. The van der Waals surface area contributed by atoms with Gasteiger partial charge in [0.05, 0.1) is 23.7 Å². The Morgan fingerprint density at radius 3 is 2.78 bits per heavy atom. The fourth-order valence-corrected chi connectivity index (χ4v) is 2.35. The van der Waals surface area contributed by atoms with Crippen molar-refractivity contribution in [2.45, 2.75) is 0 Å². The number of nitrogen functional groups attached to an aromatic ring is 1. The van der Waals surface area contributed by atoms with E-state index >= 15 is 0 Å². The molecule has 3 aromatic heterocycles. The Balaban J connectivity index is 1.99. The largest absolute Gasteiger partial charge is 0.383 e. The van der Waals surface area contributed by atoms with Gasteiger partial charge in [0, 0.05) is 5.38 Å². The zero-order valence-corrected chi connectivity index (χ0v) is 9.91. The van der Waals surface area contributed by atoms with Gasteiger partial charge in [0.25, 0.3) is 0 Å². The van der Waals surface area contributed by atoms with Gasteiger partial charge < -0.3 is 5.73 Å². The van der Waals surface area contributed by atoms with Gasteiger partial charge in [0.1, 0.15) is 22.3 Å². The highest BCUT2D eigenvalue weighted by atomic mass is 32.1. The van der Waals surface area contributed by atoms with Crippen LogP contribution in [0.25, 0.3) is 22.0 Å². The number of nitrogens with one attached hydrogen (secondary N) is 1. The number of hydrogen-bond acceptors (Lipinski definition) is 5. The van der Waals surface area contributed by atoms with Crippen LogP contribution in [0.15, 0.2) is 29.9 Å². The van der Waals surface area contributed by atoms with E-state index < -0.39 is 0 Å². The molecule has 0 aliphatic carbocycles. The normalized spacial score (nSPS) is 10.7. The lowest BCUT2D eigenvalue weighted by atomic mass is 10.3. The van der Waals surface area contributed by atoms with E-state index in [1.165, 1.54) is 23.6 Å². The summed E-state index contributed by atoms with van der Waals surface area (Å²) in [5, 5.41) is 9.10. The molecule has 90 valence electrons. The first-order chi connectivity index (χ1) is 8.74. The molecule has 0 saturated heterocycles. The van der Waals surface area contributed by atoms with E-state index in [0.29, 0.717) is 17.2 Å². The highest BCUT2D eigenvalue weighted by molar-refractivity contribution is 7.13. The van der Waals surface area contributed by atoms with E-state index in [2.05, 4.69) is 20.2 Å². The molecule has 18 heavy (non-hydrogen) atoms. The second-order valence-corrected chi connectivity index (χ2v) is 4.46. The number of anilines is 1. The average molecular weight is 261 g/mol. The molecule has 0 unspecified atom stereocenters. The molecule has 0 aliphatic heterocycles. The number of pyridine rings is 1. The van der Waals surface area contributed by atoms with E-state index in [9.17, 15) is 4.39 Å². The topological polar surface area (TPSA) is 80.5 Å². The van der Waals surface area contributed by atoms with Gasteiger partial charge in [-0.1, -0.05) is 0 Å². The predicted molar refractivity (Wildman–Crippen MR) is 67.3 cm³/mol. The third-order valence-electron chi connectivity index (χ3n) is 2.39.